The van der Waals surface area contributed by atoms with Crippen LogP contribution in [-0.4, -0.2) is 17.5 Å². The maximum Gasteiger partial charge on any atom is 0.416 e. The predicted octanol–water partition coefficient (Wildman–Crippen LogP) is 6.28. The number of hydrogen-bond acceptors (Lipinski definition) is 3. The van der Waals surface area contributed by atoms with Gasteiger partial charge in [0.2, 0.25) is 5.78 Å². The average Bonchev–Trinajstić information content (AvgIpc) is 3.04. The topological polar surface area (TPSA) is 54.5 Å². The van der Waals surface area contributed by atoms with Gasteiger partial charge in [-0.2, -0.15) is 13.2 Å². The van der Waals surface area contributed by atoms with Crippen molar-refractivity contribution in [3.05, 3.63) is 99.0 Å². The van der Waals surface area contributed by atoms with Crippen LogP contribution < -0.4 is 4.90 Å². The Morgan fingerprint density at radius 2 is 1.61 bits per heavy atom. The van der Waals surface area contributed by atoms with Gasteiger partial charge in [-0.15, -0.1) is 0 Å². The summed E-state index contributed by atoms with van der Waals surface area (Å²) in [6, 6.07) is 15.4. The van der Waals surface area contributed by atoms with Crippen LogP contribution in [0.25, 0.3) is 0 Å². The molecule has 1 aliphatic rings. The van der Waals surface area contributed by atoms with Crippen LogP contribution in [0.15, 0.2) is 77.3 Å². The lowest BCUT2D eigenvalue weighted by molar-refractivity contribution is -0.137. The number of anilines is 1. The lowest BCUT2D eigenvalue weighted by Gasteiger charge is -2.28. The fraction of sp³-hybridized carbons (Fsp3) is 0.125. The zero-order valence-electron chi connectivity index (χ0n) is 16.6. The van der Waals surface area contributed by atoms with Gasteiger partial charge in [0.25, 0.3) is 5.91 Å². The molecule has 1 heterocycles. The molecule has 1 aliphatic heterocycles. The molecule has 0 aliphatic carbocycles. The Hall–Kier alpha value is -2.97. The molecule has 33 heavy (non-hydrogen) atoms. The van der Waals surface area contributed by atoms with E-state index < -0.39 is 41.2 Å². The van der Waals surface area contributed by atoms with Crippen molar-refractivity contribution in [2.45, 2.75) is 12.2 Å². The van der Waals surface area contributed by atoms with Crippen molar-refractivity contribution in [3.8, 4) is 0 Å². The van der Waals surface area contributed by atoms with Gasteiger partial charge in [-0.05, 0) is 42.0 Å². The first-order chi connectivity index (χ1) is 15.6. The van der Waals surface area contributed by atoms with Crippen molar-refractivity contribution in [1.29, 1.82) is 0 Å². The van der Waals surface area contributed by atoms with E-state index >= 15 is 0 Å². The maximum atomic E-state index is 13.4. The van der Waals surface area contributed by atoms with Gasteiger partial charge < -0.3 is 0 Å². The molecule has 0 bridgehead atoms. The number of halogens is 5. The number of carbonyl (C=O) groups excluding carboxylic acids is 3. The Labute approximate surface area is 200 Å². The second kappa shape index (κ2) is 8.76. The molecule has 1 saturated heterocycles. The van der Waals surface area contributed by atoms with Crippen molar-refractivity contribution in [1.82, 2.24) is 0 Å². The SMILES string of the molecule is O=C1C(=O)N(c2cccc(C(F)(F)F)c2)C(c2ccccc2Cl)C1C(=O)c1ccc(Br)cc1. The van der Waals surface area contributed by atoms with Gasteiger partial charge in [0.05, 0.1) is 11.6 Å². The molecule has 1 amide bonds. The molecule has 4 rings (SSSR count). The Kier molecular flexibility index (Phi) is 6.16. The van der Waals surface area contributed by atoms with Crippen molar-refractivity contribution in [2.24, 2.45) is 5.92 Å². The van der Waals surface area contributed by atoms with E-state index in [1.54, 1.807) is 30.3 Å². The quantitative estimate of drug-likeness (QED) is 0.224. The standard InChI is InChI=1S/C24H14BrClF3NO3/c25-15-10-8-13(9-11-15)21(31)19-20(17-6-1-2-7-18(17)26)30(23(33)22(19)32)16-5-3-4-14(12-16)24(27,28)29/h1-12,19-20H. The Morgan fingerprint density at radius 1 is 0.939 bits per heavy atom. The van der Waals surface area contributed by atoms with Crippen LogP contribution >= 0.6 is 27.5 Å². The van der Waals surface area contributed by atoms with Crippen LogP contribution in [0.4, 0.5) is 18.9 Å². The summed E-state index contributed by atoms with van der Waals surface area (Å²) >= 11 is 9.62. The van der Waals surface area contributed by atoms with E-state index in [2.05, 4.69) is 15.9 Å². The lowest BCUT2D eigenvalue weighted by Crippen LogP contribution is -2.31. The third-order valence-corrected chi connectivity index (χ3v) is 6.27. The molecule has 0 N–H and O–H groups in total. The molecule has 4 nitrogen and oxygen atoms in total. The molecular weight excluding hydrogens is 523 g/mol. The maximum absolute atomic E-state index is 13.4. The van der Waals surface area contributed by atoms with Gasteiger partial charge >= 0.3 is 6.18 Å². The van der Waals surface area contributed by atoms with Crippen LogP contribution in [0, 0.1) is 5.92 Å². The number of ketones is 2. The van der Waals surface area contributed by atoms with E-state index in [-0.39, 0.29) is 21.8 Å². The molecule has 2 unspecified atom stereocenters. The predicted molar refractivity (Wildman–Crippen MR) is 120 cm³/mol. The third-order valence-electron chi connectivity index (χ3n) is 5.39. The summed E-state index contributed by atoms with van der Waals surface area (Å²) in [5.74, 6) is -4.19. The van der Waals surface area contributed by atoms with Gasteiger partial charge in [-0.3, -0.25) is 19.3 Å². The number of Topliss-reactive ketones (excluding diaryl/α,β-unsaturated/α-hetero) is 2. The van der Waals surface area contributed by atoms with Gasteiger partial charge in [0, 0.05) is 20.7 Å². The molecule has 2 atom stereocenters. The summed E-state index contributed by atoms with van der Waals surface area (Å²) < 4.78 is 40.7. The largest absolute Gasteiger partial charge is 0.416 e. The highest BCUT2D eigenvalue weighted by atomic mass is 79.9. The van der Waals surface area contributed by atoms with Crippen molar-refractivity contribution < 1.29 is 27.6 Å². The van der Waals surface area contributed by atoms with Gasteiger partial charge in [-0.25, -0.2) is 0 Å². The zero-order valence-corrected chi connectivity index (χ0v) is 19.0. The molecule has 168 valence electrons. The summed E-state index contributed by atoms with van der Waals surface area (Å²) in [6.45, 7) is 0. The first-order valence-electron chi connectivity index (χ1n) is 9.68. The normalized spacial score (nSPS) is 18.6. The van der Waals surface area contributed by atoms with E-state index in [1.165, 1.54) is 24.3 Å². The fourth-order valence-electron chi connectivity index (χ4n) is 3.87. The molecule has 1 fully saturated rings. The van der Waals surface area contributed by atoms with E-state index in [0.29, 0.717) is 4.47 Å². The smallest absolute Gasteiger partial charge is 0.297 e. The summed E-state index contributed by atoms with van der Waals surface area (Å²) in [7, 11) is 0. The molecular formula is C24H14BrClF3NO3. The zero-order chi connectivity index (χ0) is 23.9. The summed E-state index contributed by atoms with van der Waals surface area (Å²) in [6.07, 6.45) is -4.66. The van der Waals surface area contributed by atoms with E-state index in [9.17, 15) is 27.6 Å². The Morgan fingerprint density at radius 3 is 2.24 bits per heavy atom. The second-order valence-electron chi connectivity index (χ2n) is 7.40. The number of nitrogens with zero attached hydrogens (tertiary/aromatic N) is 1. The number of amides is 1. The minimum atomic E-state index is -4.66. The highest BCUT2D eigenvalue weighted by Gasteiger charge is 2.53. The number of benzene rings is 3. The van der Waals surface area contributed by atoms with Crippen LogP contribution in [0.2, 0.25) is 5.02 Å². The van der Waals surface area contributed by atoms with E-state index in [4.69, 9.17) is 11.6 Å². The number of alkyl halides is 3. The van der Waals surface area contributed by atoms with Crippen LogP contribution in [0.5, 0.6) is 0 Å². The molecule has 0 aromatic heterocycles. The number of hydrogen-bond donors (Lipinski definition) is 0. The Balaban J connectivity index is 1.89. The molecule has 9 heteroatoms. The second-order valence-corrected chi connectivity index (χ2v) is 8.73. The molecule has 0 spiro atoms. The van der Waals surface area contributed by atoms with Crippen LogP contribution in [0.1, 0.15) is 27.5 Å². The minimum absolute atomic E-state index is 0.154. The number of carbonyl (C=O) groups is 3. The number of rotatable bonds is 4. The molecule has 3 aromatic carbocycles. The molecule has 3 aromatic rings. The van der Waals surface area contributed by atoms with Crippen molar-refractivity contribution >= 4 is 50.7 Å². The van der Waals surface area contributed by atoms with Gasteiger partial charge in [-0.1, -0.05) is 63.9 Å². The van der Waals surface area contributed by atoms with Crippen LogP contribution in [0.3, 0.4) is 0 Å². The fourth-order valence-corrected chi connectivity index (χ4v) is 4.38. The van der Waals surface area contributed by atoms with E-state index in [0.717, 1.165) is 23.1 Å². The highest BCUT2D eigenvalue weighted by Crippen LogP contribution is 2.44. The van der Waals surface area contributed by atoms with Crippen molar-refractivity contribution in [2.75, 3.05) is 4.90 Å². The van der Waals surface area contributed by atoms with Crippen LogP contribution in [-0.2, 0) is 15.8 Å². The summed E-state index contributed by atoms with van der Waals surface area (Å²) in [5.41, 5.74) is -0.668. The Bertz CT molecular complexity index is 1260. The average molecular weight is 537 g/mol. The molecule has 0 radical (unpaired) electrons. The van der Waals surface area contributed by atoms with E-state index in [1.807, 2.05) is 0 Å². The molecule has 0 saturated carbocycles. The summed E-state index contributed by atoms with van der Waals surface area (Å²) in [5, 5.41) is 0.176. The van der Waals surface area contributed by atoms with Crippen molar-refractivity contribution in [3.63, 3.8) is 0 Å². The first-order valence-corrected chi connectivity index (χ1v) is 10.9. The third kappa shape index (κ3) is 4.32. The monoisotopic (exact) mass is 535 g/mol. The first kappa shape index (κ1) is 23.2. The van der Waals surface area contributed by atoms with Gasteiger partial charge in [0.1, 0.15) is 5.92 Å². The van der Waals surface area contributed by atoms with Gasteiger partial charge in [0.15, 0.2) is 5.78 Å². The highest BCUT2D eigenvalue weighted by molar-refractivity contribution is 9.10. The minimum Gasteiger partial charge on any atom is -0.297 e. The summed E-state index contributed by atoms with van der Waals surface area (Å²) in [4.78, 5) is 40.4. The lowest BCUT2D eigenvalue weighted by atomic mass is 9.86.